The lowest BCUT2D eigenvalue weighted by molar-refractivity contribution is -0.116. The first kappa shape index (κ1) is 23.1. The fraction of sp³-hybridized carbons (Fsp3) is 0.125. The molecular formula is C24H19ClN6O5. The molecule has 1 fully saturated rings. The minimum atomic E-state index is -0.792. The van der Waals surface area contributed by atoms with E-state index in [2.05, 4.69) is 20.6 Å². The number of anilines is 3. The van der Waals surface area contributed by atoms with Crippen molar-refractivity contribution >= 4 is 57.9 Å². The number of pyridine rings is 1. The largest absolute Gasteiger partial charge is 0.447 e. The van der Waals surface area contributed by atoms with Crippen molar-refractivity contribution in [2.45, 2.75) is 6.54 Å². The number of halogens is 1. The lowest BCUT2D eigenvalue weighted by Crippen LogP contribution is -2.24. The molecule has 1 aliphatic rings. The minimum absolute atomic E-state index is 0.0515. The van der Waals surface area contributed by atoms with Gasteiger partial charge in [-0.2, -0.15) is 4.98 Å². The summed E-state index contributed by atoms with van der Waals surface area (Å²) in [5, 5.41) is 5.74. The normalized spacial score (nSPS) is 12.9. The van der Waals surface area contributed by atoms with E-state index in [0.29, 0.717) is 46.4 Å². The number of para-hydroxylation sites is 2. The first-order valence-corrected chi connectivity index (χ1v) is 11.2. The number of amides is 3. The lowest BCUT2D eigenvalue weighted by atomic mass is 10.2. The molecule has 0 aliphatic carbocycles. The zero-order valence-electron chi connectivity index (χ0n) is 18.7. The van der Waals surface area contributed by atoms with Gasteiger partial charge in [-0.15, -0.1) is 0 Å². The van der Waals surface area contributed by atoms with Gasteiger partial charge in [-0.25, -0.2) is 14.6 Å². The summed E-state index contributed by atoms with van der Waals surface area (Å²) < 4.78 is 11.9. The van der Waals surface area contributed by atoms with Crippen molar-refractivity contribution in [1.82, 2.24) is 14.5 Å². The average Bonchev–Trinajstić information content (AvgIpc) is 3.44. The van der Waals surface area contributed by atoms with Gasteiger partial charge in [0.25, 0.3) is 0 Å². The molecule has 0 bridgehead atoms. The average molecular weight is 507 g/mol. The highest BCUT2D eigenvalue weighted by Crippen LogP contribution is 2.24. The molecule has 36 heavy (non-hydrogen) atoms. The second kappa shape index (κ2) is 9.92. The van der Waals surface area contributed by atoms with Gasteiger partial charge in [0.15, 0.2) is 0 Å². The van der Waals surface area contributed by atoms with Crippen molar-refractivity contribution in [2.75, 3.05) is 28.7 Å². The van der Waals surface area contributed by atoms with Crippen LogP contribution < -0.4 is 20.3 Å². The Hall–Kier alpha value is -4.64. The second-order valence-corrected chi connectivity index (χ2v) is 8.14. The topological polar surface area (TPSA) is 128 Å². The van der Waals surface area contributed by atoms with Gasteiger partial charge in [0, 0.05) is 17.6 Å². The molecule has 0 spiro atoms. The summed E-state index contributed by atoms with van der Waals surface area (Å²) in [4.78, 5) is 46.9. The Morgan fingerprint density at radius 1 is 1.06 bits per heavy atom. The van der Waals surface area contributed by atoms with E-state index in [1.807, 2.05) is 0 Å². The van der Waals surface area contributed by atoms with Crippen LogP contribution in [0.15, 0.2) is 66.9 Å². The van der Waals surface area contributed by atoms with E-state index in [1.54, 1.807) is 60.7 Å². The van der Waals surface area contributed by atoms with Crippen molar-refractivity contribution in [2.24, 2.45) is 0 Å². The van der Waals surface area contributed by atoms with Crippen molar-refractivity contribution in [1.29, 1.82) is 0 Å². The number of hydrogen-bond acceptors (Lipinski definition) is 7. The quantitative estimate of drug-likeness (QED) is 0.399. The number of imidazole rings is 1. The zero-order valence-corrected chi connectivity index (χ0v) is 19.4. The molecule has 12 heteroatoms. The Balaban J connectivity index is 1.29. The van der Waals surface area contributed by atoms with Crippen molar-refractivity contribution in [3.8, 4) is 6.01 Å². The van der Waals surface area contributed by atoms with Gasteiger partial charge in [0.2, 0.25) is 5.91 Å². The van der Waals surface area contributed by atoms with Crippen LogP contribution in [0.5, 0.6) is 6.01 Å². The Bertz CT molecular complexity index is 1440. The van der Waals surface area contributed by atoms with Crippen molar-refractivity contribution in [3.05, 3.63) is 71.9 Å². The number of fused-ring (bicyclic) bond motifs is 1. The molecule has 182 valence electrons. The molecule has 1 saturated heterocycles. The summed E-state index contributed by atoms with van der Waals surface area (Å²) in [6.45, 7) is 0.625. The maximum Gasteiger partial charge on any atom is 0.419 e. The van der Waals surface area contributed by atoms with E-state index in [0.717, 1.165) is 0 Å². The summed E-state index contributed by atoms with van der Waals surface area (Å²) >= 11 is 5.84. The predicted molar refractivity (Wildman–Crippen MR) is 132 cm³/mol. The van der Waals surface area contributed by atoms with Gasteiger partial charge in [0.05, 0.1) is 22.6 Å². The molecule has 1 aliphatic heterocycles. The van der Waals surface area contributed by atoms with Crippen molar-refractivity contribution in [3.63, 3.8) is 0 Å². The van der Waals surface area contributed by atoms with Crippen LogP contribution in [0.4, 0.5) is 26.8 Å². The minimum Gasteiger partial charge on any atom is -0.447 e. The first-order chi connectivity index (χ1) is 17.5. The Labute approximate surface area is 209 Å². The number of rotatable bonds is 6. The SMILES string of the molecule is O=C(Cn1c(OC(=O)Nc2ccc(N3CCOC3=O)cc2)nc2ccccc21)Nc1ccc(Cl)cn1. The molecule has 2 aromatic heterocycles. The second-order valence-electron chi connectivity index (χ2n) is 7.71. The monoisotopic (exact) mass is 506 g/mol. The molecule has 0 unspecified atom stereocenters. The predicted octanol–water partition coefficient (Wildman–Crippen LogP) is 4.29. The highest BCUT2D eigenvalue weighted by Gasteiger charge is 2.23. The van der Waals surface area contributed by atoms with Crippen LogP contribution in [0.25, 0.3) is 11.0 Å². The zero-order chi connectivity index (χ0) is 25.1. The number of nitrogens with one attached hydrogen (secondary N) is 2. The van der Waals surface area contributed by atoms with Crippen LogP contribution in [0.3, 0.4) is 0 Å². The number of ether oxygens (including phenoxy) is 2. The molecule has 4 aromatic rings. The molecule has 11 nitrogen and oxygen atoms in total. The van der Waals surface area contributed by atoms with Crippen LogP contribution in [-0.2, 0) is 16.1 Å². The van der Waals surface area contributed by atoms with E-state index in [-0.39, 0.29) is 12.6 Å². The number of cyclic esters (lactones) is 1. The first-order valence-electron chi connectivity index (χ1n) is 10.9. The third-order valence-electron chi connectivity index (χ3n) is 5.29. The molecule has 0 radical (unpaired) electrons. The summed E-state index contributed by atoms with van der Waals surface area (Å²) in [7, 11) is 0. The maximum absolute atomic E-state index is 12.7. The lowest BCUT2D eigenvalue weighted by Gasteiger charge is -2.13. The number of carbonyl (C=O) groups is 3. The van der Waals surface area contributed by atoms with Gasteiger partial charge in [-0.3, -0.25) is 19.6 Å². The van der Waals surface area contributed by atoms with Crippen LogP contribution in [0.1, 0.15) is 0 Å². The fourth-order valence-electron chi connectivity index (χ4n) is 3.64. The van der Waals surface area contributed by atoms with E-state index in [4.69, 9.17) is 21.1 Å². The maximum atomic E-state index is 12.7. The molecule has 2 aromatic carbocycles. The van der Waals surface area contributed by atoms with Crippen molar-refractivity contribution < 1.29 is 23.9 Å². The molecule has 2 N–H and O–H groups in total. The van der Waals surface area contributed by atoms with E-state index < -0.39 is 18.1 Å². The molecule has 5 rings (SSSR count). The molecule has 3 amide bonds. The summed E-state index contributed by atoms with van der Waals surface area (Å²) in [5.74, 6) is -0.0612. The Morgan fingerprint density at radius 3 is 2.58 bits per heavy atom. The summed E-state index contributed by atoms with van der Waals surface area (Å²) in [5.41, 5.74) is 2.27. The smallest absolute Gasteiger partial charge is 0.419 e. The van der Waals surface area contributed by atoms with E-state index >= 15 is 0 Å². The highest BCUT2D eigenvalue weighted by molar-refractivity contribution is 6.30. The number of carbonyl (C=O) groups excluding carboxylic acids is 3. The molecular weight excluding hydrogens is 488 g/mol. The van der Waals surface area contributed by atoms with Gasteiger partial charge in [0.1, 0.15) is 19.0 Å². The van der Waals surface area contributed by atoms with E-state index in [9.17, 15) is 14.4 Å². The third kappa shape index (κ3) is 5.05. The molecule has 0 atom stereocenters. The summed E-state index contributed by atoms with van der Waals surface area (Å²) in [6.07, 6.45) is 0.218. The molecule has 3 heterocycles. The Morgan fingerprint density at radius 2 is 1.86 bits per heavy atom. The summed E-state index contributed by atoms with van der Waals surface area (Å²) in [6, 6.07) is 16.9. The van der Waals surface area contributed by atoms with Gasteiger partial charge < -0.3 is 14.8 Å². The highest BCUT2D eigenvalue weighted by atomic mass is 35.5. The van der Waals surface area contributed by atoms with Crippen LogP contribution in [-0.4, -0.2) is 45.8 Å². The van der Waals surface area contributed by atoms with Crippen LogP contribution in [0.2, 0.25) is 5.02 Å². The molecule has 0 saturated carbocycles. The fourth-order valence-corrected chi connectivity index (χ4v) is 3.75. The van der Waals surface area contributed by atoms with E-state index in [1.165, 1.54) is 15.7 Å². The van der Waals surface area contributed by atoms with Crippen LogP contribution in [0, 0.1) is 0 Å². The number of benzene rings is 2. The standard InChI is InChI=1S/C24H19ClN6O5/c25-15-5-10-20(26-13-15)29-21(32)14-31-19-4-2-1-3-18(19)28-22(31)36-23(33)27-16-6-8-17(9-7-16)30-11-12-35-24(30)34/h1-10,13H,11-12,14H2,(H,27,33)(H,26,29,32). The number of aromatic nitrogens is 3. The Kier molecular flexibility index (Phi) is 6.37. The van der Waals surface area contributed by atoms with Crippen LogP contribution >= 0.6 is 11.6 Å². The van der Waals surface area contributed by atoms with Gasteiger partial charge in [-0.1, -0.05) is 23.7 Å². The van der Waals surface area contributed by atoms with Gasteiger partial charge in [-0.05, 0) is 48.5 Å². The number of nitrogens with zero attached hydrogens (tertiary/aromatic N) is 4. The number of hydrogen-bond donors (Lipinski definition) is 2. The van der Waals surface area contributed by atoms with Gasteiger partial charge >= 0.3 is 18.2 Å². The third-order valence-corrected chi connectivity index (χ3v) is 5.51.